The molecular formula is C31H60N4O2. The van der Waals surface area contributed by atoms with Crippen LogP contribution >= 0.6 is 0 Å². The zero-order chi connectivity index (χ0) is 27.3. The minimum absolute atomic E-state index is 0.125. The van der Waals surface area contributed by atoms with E-state index in [1.54, 1.807) is 0 Å². The Labute approximate surface area is 229 Å². The summed E-state index contributed by atoms with van der Waals surface area (Å²) < 4.78 is 12.4. The molecule has 4 bridgehead atoms. The van der Waals surface area contributed by atoms with Crippen molar-refractivity contribution in [1.29, 1.82) is 0 Å². The largest absolute Gasteiger partial charge is 0.383 e. The summed E-state index contributed by atoms with van der Waals surface area (Å²) in [7, 11) is 1.87. The van der Waals surface area contributed by atoms with Gasteiger partial charge >= 0.3 is 0 Å². The van der Waals surface area contributed by atoms with Crippen molar-refractivity contribution >= 4 is 0 Å². The van der Waals surface area contributed by atoms with Crippen molar-refractivity contribution in [2.75, 3.05) is 40.0 Å². The lowest BCUT2D eigenvalue weighted by Crippen LogP contribution is -2.75. The molecule has 6 aliphatic rings. The van der Waals surface area contributed by atoms with Crippen LogP contribution in [-0.4, -0.2) is 119 Å². The van der Waals surface area contributed by atoms with Gasteiger partial charge in [-0.05, 0) is 101 Å². The molecule has 6 heterocycles. The van der Waals surface area contributed by atoms with Crippen LogP contribution in [0.3, 0.4) is 0 Å². The molecule has 6 unspecified atom stereocenters. The molecule has 0 radical (unpaired) electrons. The van der Waals surface area contributed by atoms with Crippen LogP contribution < -0.4 is 0 Å². The highest BCUT2D eigenvalue weighted by atomic mass is 16.5. The SMILES string of the molecule is COCC1C2CCC(CN2C(C)(C)CCOCC2C3CCC(CN3C(C)(C)C)N2C(C)C)N1C(C)(C)C. The van der Waals surface area contributed by atoms with Crippen LogP contribution in [-0.2, 0) is 9.47 Å². The van der Waals surface area contributed by atoms with Crippen LogP contribution in [0.4, 0.5) is 0 Å². The predicted molar refractivity (Wildman–Crippen MR) is 154 cm³/mol. The van der Waals surface area contributed by atoms with E-state index >= 15 is 0 Å². The van der Waals surface area contributed by atoms with Gasteiger partial charge in [-0.15, -0.1) is 0 Å². The number of rotatable bonds is 9. The molecule has 6 fully saturated rings. The van der Waals surface area contributed by atoms with E-state index in [2.05, 4.69) is 88.8 Å². The lowest BCUT2D eigenvalue weighted by molar-refractivity contribution is -0.155. The van der Waals surface area contributed by atoms with E-state index in [1.807, 2.05) is 7.11 Å². The standard InChI is InChI=1S/C31H60N4O2/c1-22(2)34-23-12-14-25(32(18-23)29(3,4)5)27(34)21-37-17-16-31(9,10)33-19-24-13-15-26(33)28(20-36-11)35(24)30(6,7)8/h22-28H,12-21H2,1-11H3. The van der Waals surface area contributed by atoms with E-state index in [0.717, 1.165) is 26.2 Å². The fourth-order valence-electron chi connectivity index (χ4n) is 8.69. The first-order valence-electron chi connectivity index (χ1n) is 15.3. The Morgan fingerprint density at radius 2 is 1.32 bits per heavy atom. The lowest BCUT2D eigenvalue weighted by atomic mass is 9.78. The number of ether oxygens (including phenoxy) is 2. The van der Waals surface area contributed by atoms with Gasteiger partial charge in [0.25, 0.3) is 0 Å². The Bertz CT molecular complexity index is 757. The van der Waals surface area contributed by atoms with E-state index in [1.165, 1.54) is 38.8 Å². The normalized spacial score (nSPS) is 34.7. The Kier molecular flexibility index (Phi) is 8.82. The van der Waals surface area contributed by atoms with Crippen molar-refractivity contribution in [2.24, 2.45) is 0 Å². The first kappa shape index (κ1) is 29.7. The smallest absolute Gasteiger partial charge is 0.0637 e. The summed E-state index contributed by atoms with van der Waals surface area (Å²) >= 11 is 0. The van der Waals surface area contributed by atoms with Crippen molar-refractivity contribution in [3.05, 3.63) is 0 Å². The Morgan fingerprint density at radius 1 is 0.730 bits per heavy atom. The second kappa shape index (κ2) is 11.0. The third kappa shape index (κ3) is 5.95. The maximum absolute atomic E-state index is 6.59. The predicted octanol–water partition coefficient (Wildman–Crippen LogP) is 4.86. The molecule has 0 saturated carbocycles. The first-order valence-corrected chi connectivity index (χ1v) is 15.3. The van der Waals surface area contributed by atoms with E-state index < -0.39 is 0 Å². The van der Waals surface area contributed by atoms with Gasteiger partial charge in [-0.1, -0.05) is 0 Å². The quantitative estimate of drug-likeness (QED) is 0.404. The van der Waals surface area contributed by atoms with E-state index in [0.29, 0.717) is 42.3 Å². The summed E-state index contributed by atoms with van der Waals surface area (Å²) in [6, 6.07) is 4.01. The maximum Gasteiger partial charge on any atom is 0.0637 e. The van der Waals surface area contributed by atoms with Crippen LogP contribution in [0.5, 0.6) is 0 Å². The van der Waals surface area contributed by atoms with Gasteiger partial charge in [0.05, 0.1) is 13.2 Å². The molecule has 0 aliphatic carbocycles. The molecule has 6 nitrogen and oxygen atoms in total. The molecule has 6 rings (SSSR count). The van der Waals surface area contributed by atoms with Gasteiger partial charge in [0, 0.05) is 85.7 Å². The maximum atomic E-state index is 6.59. The third-order valence-electron chi connectivity index (χ3n) is 10.1. The highest BCUT2D eigenvalue weighted by Crippen LogP contribution is 2.42. The second-order valence-corrected chi connectivity index (χ2v) is 15.4. The van der Waals surface area contributed by atoms with Gasteiger partial charge in [0.1, 0.15) is 0 Å². The number of hydrogen-bond acceptors (Lipinski definition) is 6. The zero-order valence-electron chi connectivity index (χ0n) is 26.2. The van der Waals surface area contributed by atoms with Crippen molar-refractivity contribution in [3.8, 4) is 0 Å². The molecule has 6 saturated heterocycles. The highest BCUT2D eigenvalue weighted by Gasteiger charge is 2.53. The van der Waals surface area contributed by atoms with Gasteiger partial charge in [-0.25, -0.2) is 0 Å². The van der Waals surface area contributed by atoms with Crippen molar-refractivity contribution in [1.82, 2.24) is 19.6 Å². The molecule has 6 aliphatic heterocycles. The summed E-state index contributed by atoms with van der Waals surface area (Å²) in [5.41, 5.74) is 0.522. The molecule has 0 aromatic rings. The van der Waals surface area contributed by atoms with Crippen molar-refractivity contribution < 1.29 is 9.47 Å². The van der Waals surface area contributed by atoms with Gasteiger partial charge in [0.2, 0.25) is 0 Å². The monoisotopic (exact) mass is 520 g/mol. The minimum Gasteiger partial charge on any atom is -0.383 e. The number of piperazine rings is 2. The lowest BCUT2D eigenvalue weighted by Gasteiger charge is -2.63. The van der Waals surface area contributed by atoms with Crippen molar-refractivity contribution in [3.63, 3.8) is 0 Å². The second-order valence-electron chi connectivity index (χ2n) is 15.4. The molecule has 0 N–H and O–H groups in total. The number of nitrogens with zero attached hydrogens (tertiary/aromatic N) is 4. The van der Waals surface area contributed by atoms with Crippen LogP contribution in [0.15, 0.2) is 0 Å². The highest BCUT2D eigenvalue weighted by molar-refractivity contribution is 5.09. The Morgan fingerprint density at radius 3 is 1.89 bits per heavy atom. The zero-order valence-corrected chi connectivity index (χ0v) is 26.2. The van der Waals surface area contributed by atoms with Gasteiger partial charge in [0.15, 0.2) is 0 Å². The third-order valence-corrected chi connectivity index (χ3v) is 10.1. The number of methoxy groups -OCH3 is 1. The molecule has 0 aromatic carbocycles. The molecule has 6 atom stereocenters. The molecule has 0 spiro atoms. The molecule has 37 heavy (non-hydrogen) atoms. The Balaban J connectivity index is 1.38. The van der Waals surface area contributed by atoms with Crippen LogP contribution in [0.1, 0.15) is 101 Å². The summed E-state index contributed by atoms with van der Waals surface area (Å²) in [5.74, 6) is 0. The van der Waals surface area contributed by atoms with Crippen LogP contribution in [0.2, 0.25) is 0 Å². The van der Waals surface area contributed by atoms with E-state index in [-0.39, 0.29) is 16.6 Å². The van der Waals surface area contributed by atoms with Gasteiger partial charge in [-0.2, -0.15) is 0 Å². The van der Waals surface area contributed by atoms with E-state index in [4.69, 9.17) is 9.47 Å². The molecule has 0 amide bonds. The summed E-state index contributed by atoms with van der Waals surface area (Å²) in [5, 5.41) is 0. The summed E-state index contributed by atoms with van der Waals surface area (Å²) in [6.07, 6.45) is 6.33. The van der Waals surface area contributed by atoms with Crippen LogP contribution in [0, 0.1) is 0 Å². The van der Waals surface area contributed by atoms with Crippen LogP contribution in [0.25, 0.3) is 0 Å². The molecule has 0 aromatic heterocycles. The fraction of sp³-hybridized carbons (Fsp3) is 1.00. The first-order chi connectivity index (χ1) is 17.2. The van der Waals surface area contributed by atoms with E-state index in [9.17, 15) is 0 Å². The fourth-order valence-corrected chi connectivity index (χ4v) is 8.69. The Hall–Kier alpha value is -0.240. The summed E-state index contributed by atoms with van der Waals surface area (Å²) in [4.78, 5) is 11.2. The minimum atomic E-state index is 0.125. The van der Waals surface area contributed by atoms with Gasteiger partial charge in [-0.3, -0.25) is 19.6 Å². The summed E-state index contributed by atoms with van der Waals surface area (Å²) in [6.45, 7) is 28.8. The average Bonchev–Trinajstić information content (AvgIpc) is 2.80. The number of hydrogen-bond donors (Lipinski definition) is 0. The van der Waals surface area contributed by atoms with Gasteiger partial charge < -0.3 is 9.47 Å². The topological polar surface area (TPSA) is 31.4 Å². The number of piperidine rings is 4. The average molecular weight is 521 g/mol. The van der Waals surface area contributed by atoms with Crippen molar-refractivity contribution in [2.45, 2.75) is 160 Å². The molecule has 216 valence electrons. The number of fused-ring (bicyclic) bond motifs is 6. The molecule has 6 heteroatoms. The molecular weight excluding hydrogens is 460 g/mol.